The van der Waals surface area contributed by atoms with Crippen LogP contribution in [0.25, 0.3) is 0 Å². The molecule has 1 aromatic rings. The van der Waals surface area contributed by atoms with Crippen LogP contribution in [0.2, 0.25) is 0 Å². The summed E-state index contributed by atoms with van der Waals surface area (Å²) >= 11 is 0. The van der Waals surface area contributed by atoms with Crippen LogP contribution < -0.4 is 11.3 Å². The average Bonchev–Trinajstić information content (AvgIpc) is 2.39. The molecule has 112 valence electrons. The zero-order valence-electron chi connectivity index (χ0n) is 12.3. The van der Waals surface area contributed by atoms with Gasteiger partial charge in [0, 0.05) is 6.54 Å². The van der Waals surface area contributed by atoms with Crippen LogP contribution in [0.3, 0.4) is 0 Å². The molecule has 1 heterocycles. The third-order valence-corrected chi connectivity index (χ3v) is 3.49. The number of unbranched alkanes of at least 4 members (excludes halogenated alkanes) is 1. The number of hydrogen-bond acceptors (Lipinski definition) is 5. The Hall–Kier alpha value is -1.92. The lowest BCUT2D eigenvalue weighted by Crippen LogP contribution is -2.30. The molecule has 7 heteroatoms. The summed E-state index contributed by atoms with van der Waals surface area (Å²) in [6, 6.07) is 0. The molecule has 7 nitrogen and oxygen atoms in total. The van der Waals surface area contributed by atoms with Gasteiger partial charge in [-0.15, -0.1) is 0 Å². The number of rotatable bonds is 7. The number of aromatic nitrogens is 2. The predicted octanol–water partition coefficient (Wildman–Crippen LogP) is 2.26. The number of nitrogen functional groups attached to an aromatic ring is 1. The molecule has 0 radical (unpaired) electrons. The van der Waals surface area contributed by atoms with Gasteiger partial charge in [-0.25, -0.2) is 4.68 Å². The fourth-order valence-electron chi connectivity index (χ4n) is 2.23. The van der Waals surface area contributed by atoms with E-state index in [2.05, 4.69) is 18.9 Å². The van der Waals surface area contributed by atoms with E-state index in [0.717, 1.165) is 25.7 Å². The SMILES string of the molecule is CCCCC(CC)Cn1nc(C)c([N+](=O)[O-])c(N)c1=O. The van der Waals surface area contributed by atoms with Crippen molar-refractivity contribution in [2.75, 3.05) is 5.73 Å². The van der Waals surface area contributed by atoms with Crippen molar-refractivity contribution in [3.8, 4) is 0 Å². The Balaban J connectivity index is 3.08. The van der Waals surface area contributed by atoms with E-state index in [4.69, 9.17) is 5.73 Å². The van der Waals surface area contributed by atoms with Gasteiger partial charge in [0.15, 0.2) is 5.69 Å². The maximum absolute atomic E-state index is 12.0. The first kappa shape index (κ1) is 16.1. The van der Waals surface area contributed by atoms with E-state index in [1.165, 1.54) is 11.6 Å². The van der Waals surface area contributed by atoms with Gasteiger partial charge in [0.1, 0.15) is 5.69 Å². The Morgan fingerprint density at radius 2 is 2.10 bits per heavy atom. The Morgan fingerprint density at radius 1 is 1.45 bits per heavy atom. The largest absolute Gasteiger partial charge is 0.389 e. The van der Waals surface area contributed by atoms with Crippen LogP contribution in [0.5, 0.6) is 0 Å². The highest BCUT2D eigenvalue weighted by atomic mass is 16.6. The molecule has 1 unspecified atom stereocenters. The van der Waals surface area contributed by atoms with E-state index in [0.29, 0.717) is 12.5 Å². The monoisotopic (exact) mass is 282 g/mol. The number of nitro groups is 1. The Bertz CT molecular complexity index is 539. The number of nitrogens with two attached hydrogens (primary N) is 1. The van der Waals surface area contributed by atoms with Crippen LogP contribution in [0, 0.1) is 23.0 Å². The summed E-state index contributed by atoms with van der Waals surface area (Å²) in [5.41, 5.74) is 4.49. The molecule has 1 atom stereocenters. The fourth-order valence-corrected chi connectivity index (χ4v) is 2.23. The Kier molecular flexibility index (Phi) is 5.66. The van der Waals surface area contributed by atoms with Crippen molar-refractivity contribution in [1.82, 2.24) is 9.78 Å². The van der Waals surface area contributed by atoms with Crippen molar-refractivity contribution in [3.63, 3.8) is 0 Å². The first-order chi connectivity index (χ1) is 9.42. The van der Waals surface area contributed by atoms with Gasteiger partial charge in [0.25, 0.3) is 5.56 Å². The van der Waals surface area contributed by atoms with Crippen LogP contribution in [-0.4, -0.2) is 14.7 Å². The molecule has 0 fully saturated rings. The highest BCUT2D eigenvalue weighted by molar-refractivity contribution is 5.58. The standard InChI is InChI=1S/C13H22N4O3/c1-4-6-7-10(5-2)8-16-13(18)11(14)12(17(19)20)9(3)15-16/h10H,4-8,14H2,1-3H3. The molecular weight excluding hydrogens is 260 g/mol. The van der Waals surface area contributed by atoms with Crippen LogP contribution in [0.4, 0.5) is 11.4 Å². The molecule has 0 bridgehead atoms. The molecule has 2 N–H and O–H groups in total. The molecule has 1 rings (SSSR count). The summed E-state index contributed by atoms with van der Waals surface area (Å²) in [5, 5.41) is 14.9. The first-order valence-corrected chi connectivity index (χ1v) is 6.93. The van der Waals surface area contributed by atoms with Crippen LogP contribution in [-0.2, 0) is 6.54 Å². The summed E-state index contributed by atoms with van der Waals surface area (Å²) in [5.74, 6) is 0.334. The molecule has 0 aliphatic carbocycles. The van der Waals surface area contributed by atoms with E-state index in [9.17, 15) is 14.9 Å². The zero-order valence-corrected chi connectivity index (χ0v) is 12.3. The van der Waals surface area contributed by atoms with E-state index < -0.39 is 10.5 Å². The smallest absolute Gasteiger partial charge is 0.320 e. The highest BCUT2D eigenvalue weighted by Gasteiger charge is 2.22. The third kappa shape index (κ3) is 3.55. The molecule has 0 aromatic carbocycles. The van der Waals surface area contributed by atoms with E-state index in [1.54, 1.807) is 0 Å². The minimum absolute atomic E-state index is 0.178. The molecule has 0 amide bonds. The van der Waals surface area contributed by atoms with Crippen molar-refractivity contribution in [2.24, 2.45) is 5.92 Å². The summed E-state index contributed by atoms with van der Waals surface area (Å²) in [6.45, 7) is 6.13. The van der Waals surface area contributed by atoms with Crippen molar-refractivity contribution in [2.45, 2.75) is 53.0 Å². The van der Waals surface area contributed by atoms with Crippen LogP contribution in [0.1, 0.15) is 45.2 Å². The van der Waals surface area contributed by atoms with Gasteiger partial charge in [0.05, 0.1) is 4.92 Å². The van der Waals surface area contributed by atoms with Gasteiger partial charge >= 0.3 is 5.69 Å². The van der Waals surface area contributed by atoms with Crippen molar-refractivity contribution in [1.29, 1.82) is 0 Å². The van der Waals surface area contributed by atoms with Gasteiger partial charge in [0.2, 0.25) is 0 Å². The number of aryl methyl sites for hydroxylation is 1. The van der Waals surface area contributed by atoms with Gasteiger partial charge in [-0.05, 0) is 19.3 Å². The fraction of sp³-hybridized carbons (Fsp3) is 0.692. The molecule has 0 aliphatic heterocycles. The normalized spacial score (nSPS) is 12.3. The van der Waals surface area contributed by atoms with Gasteiger partial charge in [-0.2, -0.15) is 5.10 Å². The zero-order chi connectivity index (χ0) is 15.3. The number of hydrogen-bond donors (Lipinski definition) is 1. The van der Waals surface area contributed by atoms with Crippen molar-refractivity contribution in [3.05, 3.63) is 26.2 Å². The van der Waals surface area contributed by atoms with E-state index in [1.807, 2.05) is 0 Å². The van der Waals surface area contributed by atoms with Crippen LogP contribution in [0.15, 0.2) is 4.79 Å². The molecule has 20 heavy (non-hydrogen) atoms. The summed E-state index contributed by atoms with van der Waals surface area (Å²) in [6.07, 6.45) is 4.13. The average molecular weight is 282 g/mol. The molecule has 1 aromatic heterocycles. The van der Waals surface area contributed by atoms with Gasteiger partial charge in [-0.1, -0.05) is 33.1 Å². The van der Waals surface area contributed by atoms with E-state index >= 15 is 0 Å². The number of anilines is 1. The van der Waals surface area contributed by atoms with Gasteiger partial charge < -0.3 is 5.73 Å². The maximum Gasteiger partial charge on any atom is 0.320 e. The second-order valence-electron chi connectivity index (χ2n) is 5.01. The molecule has 0 spiro atoms. The van der Waals surface area contributed by atoms with Crippen molar-refractivity contribution >= 4 is 11.4 Å². The molecule has 0 saturated heterocycles. The topological polar surface area (TPSA) is 104 Å². The lowest BCUT2D eigenvalue weighted by molar-refractivity contribution is -0.385. The Morgan fingerprint density at radius 3 is 2.60 bits per heavy atom. The number of nitrogens with zero attached hydrogens (tertiary/aromatic N) is 3. The van der Waals surface area contributed by atoms with E-state index in [-0.39, 0.29) is 17.1 Å². The second kappa shape index (κ2) is 7.02. The third-order valence-electron chi connectivity index (χ3n) is 3.49. The second-order valence-corrected chi connectivity index (χ2v) is 5.01. The molecule has 0 saturated carbocycles. The maximum atomic E-state index is 12.0. The quantitative estimate of drug-likeness (QED) is 0.610. The highest BCUT2D eigenvalue weighted by Crippen LogP contribution is 2.21. The van der Waals surface area contributed by atoms with Gasteiger partial charge in [-0.3, -0.25) is 14.9 Å². The van der Waals surface area contributed by atoms with Crippen molar-refractivity contribution < 1.29 is 4.92 Å². The minimum atomic E-state index is -0.655. The lowest BCUT2D eigenvalue weighted by atomic mass is 9.99. The predicted molar refractivity (Wildman–Crippen MR) is 77.6 cm³/mol. The summed E-state index contributed by atoms with van der Waals surface area (Å²) < 4.78 is 1.27. The van der Waals surface area contributed by atoms with Crippen LogP contribution >= 0.6 is 0 Å². The minimum Gasteiger partial charge on any atom is -0.389 e. The molecular formula is C13H22N4O3. The lowest BCUT2D eigenvalue weighted by Gasteiger charge is -2.16. The Labute approximate surface area is 117 Å². The first-order valence-electron chi connectivity index (χ1n) is 6.93. The molecule has 0 aliphatic rings. The summed E-state index contributed by atoms with van der Waals surface area (Å²) in [7, 11) is 0. The summed E-state index contributed by atoms with van der Waals surface area (Å²) in [4.78, 5) is 22.3.